The SMILES string of the molecule is COCc1cnn2ccc(CNc3nc(C(C=[NH+]CCO)=CN)cnc3N=[NH2+])cc12. The number of nitrogens with one attached hydrogen (secondary N) is 2. The first kappa shape index (κ1) is 21.0. The van der Waals surface area contributed by atoms with Crippen LogP contribution in [0.1, 0.15) is 16.8 Å². The summed E-state index contributed by atoms with van der Waals surface area (Å²) in [7, 11) is 1.65. The van der Waals surface area contributed by atoms with Gasteiger partial charge in [-0.05, 0) is 17.7 Å². The van der Waals surface area contributed by atoms with E-state index in [1.54, 1.807) is 24.0 Å². The molecule has 11 nitrogen and oxygen atoms in total. The summed E-state index contributed by atoms with van der Waals surface area (Å²) in [6.45, 7) is 1.36. The van der Waals surface area contributed by atoms with Crippen LogP contribution in [0.3, 0.4) is 0 Å². The van der Waals surface area contributed by atoms with E-state index in [1.807, 2.05) is 18.3 Å². The quantitative estimate of drug-likeness (QED) is 0.193. The van der Waals surface area contributed by atoms with Gasteiger partial charge in [0.25, 0.3) is 5.82 Å². The van der Waals surface area contributed by atoms with Crippen LogP contribution in [0.25, 0.3) is 11.1 Å². The Morgan fingerprint density at radius 2 is 2.33 bits per heavy atom. The molecule has 156 valence electrons. The molecular formula is C19H25N9O2+2. The molecule has 0 radical (unpaired) electrons. The molecule has 0 saturated carbocycles. The van der Waals surface area contributed by atoms with Crippen LogP contribution < -0.4 is 21.6 Å². The van der Waals surface area contributed by atoms with Crippen LogP contribution >= 0.6 is 0 Å². The molecule has 3 aromatic rings. The highest BCUT2D eigenvalue weighted by molar-refractivity contribution is 6.06. The summed E-state index contributed by atoms with van der Waals surface area (Å²) in [6, 6.07) is 3.99. The summed E-state index contributed by atoms with van der Waals surface area (Å²) in [5, 5.41) is 20.1. The molecule has 3 aromatic heterocycles. The molecule has 0 aromatic carbocycles. The number of rotatable bonds is 10. The standard InChI is InChI=1S/C19H23N9O2/c1-30-12-15-10-25-28-4-2-13(6-17(15)28)8-23-18-19(27-21)24-11-16(26-18)14(7-20)9-22-3-5-29/h2,4,6-7,9-11,21,29H,3,5,8,12,20H2,1H3,(H,23,26)/p+2. The van der Waals surface area contributed by atoms with Gasteiger partial charge in [-0.3, -0.25) is 0 Å². The zero-order valence-electron chi connectivity index (χ0n) is 16.6. The highest BCUT2D eigenvalue weighted by atomic mass is 16.5. The molecule has 0 atom stereocenters. The largest absolute Gasteiger partial charge is 0.404 e. The van der Waals surface area contributed by atoms with Gasteiger partial charge in [-0.1, -0.05) is 0 Å². The average molecular weight is 411 g/mol. The molecule has 0 fully saturated rings. The minimum Gasteiger partial charge on any atom is -0.404 e. The molecule has 0 spiro atoms. The van der Waals surface area contributed by atoms with E-state index in [4.69, 9.17) is 21.1 Å². The van der Waals surface area contributed by atoms with Gasteiger partial charge in [0.15, 0.2) is 18.6 Å². The van der Waals surface area contributed by atoms with Crippen molar-refractivity contribution >= 4 is 28.9 Å². The lowest BCUT2D eigenvalue weighted by Gasteiger charge is -2.09. The molecule has 7 N–H and O–H groups in total. The van der Waals surface area contributed by atoms with Gasteiger partial charge in [0.05, 0.1) is 35.8 Å². The second kappa shape index (κ2) is 10.2. The number of anilines is 1. The van der Waals surface area contributed by atoms with E-state index < -0.39 is 0 Å². The average Bonchev–Trinajstić information content (AvgIpc) is 3.17. The second-order valence-corrected chi connectivity index (χ2v) is 6.32. The van der Waals surface area contributed by atoms with Gasteiger partial charge in [-0.25, -0.2) is 19.5 Å². The summed E-state index contributed by atoms with van der Waals surface area (Å²) >= 11 is 0. The summed E-state index contributed by atoms with van der Waals surface area (Å²) in [4.78, 5) is 11.7. The molecule has 0 bridgehead atoms. The van der Waals surface area contributed by atoms with Crippen LogP contribution in [0.2, 0.25) is 0 Å². The number of allylic oxidation sites excluding steroid dienone is 1. The third-order valence-corrected chi connectivity index (χ3v) is 4.29. The fourth-order valence-electron chi connectivity index (χ4n) is 2.83. The Balaban J connectivity index is 1.82. The van der Waals surface area contributed by atoms with Gasteiger partial charge >= 0.3 is 0 Å². The minimum atomic E-state index is 0.00541. The van der Waals surface area contributed by atoms with Crippen molar-refractivity contribution in [2.75, 3.05) is 25.6 Å². The molecule has 0 aliphatic rings. The predicted molar refractivity (Wildman–Crippen MR) is 110 cm³/mol. The molecular weight excluding hydrogens is 386 g/mol. The topological polar surface area (TPSA) is 163 Å². The Bertz CT molecular complexity index is 1080. The summed E-state index contributed by atoms with van der Waals surface area (Å²) in [5.74, 6) is 0.708. The first-order valence-electron chi connectivity index (χ1n) is 9.25. The number of fused-ring (bicyclic) bond motifs is 1. The molecule has 30 heavy (non-hydrogen) atoms. The Morgan fingerprint density at radius 1 is 1.47 bits per heavy atom. The molecule has 0 amide bonds. The predicted octanol–water partition coefficient (Wildman–Crippen LogP) is -1.83. The monoisotopic (exact) mass is 411 g/mol. The Labute approximate surface area is 172 Å². The van der Waals surface area contributed by atoms with Crippen molar-refractivity contribution in [3.63, 3.8) is 0 Å². The van der Waals surface area contributed by atoms with Crippen molar-refractivity contribution < 1.29 is 20.4 Å². The van der Waals surface area contributed by atoms with Crippen molar-refractivity contribution in [2.45, 2.75) is 13.2 Å². The highest BCUT2D eigenvalue weighted by Gasteiger charge is 2.13. The number of ether oxygens (including phenoxy) is 1. The number of nitrogens with zero attached hydrogens (tertiary/aromatic N) is 5. The van der Waals surface area contributed by atoms with E-state index in [0.717, 1.165) is 16.6 Å². The van der Waals surface area contributed by atoms with Gasteiger partial charge in [-0.15, -0.1) is 0 Å². The number of hydrogen-bond donors (Lipinski definition) is 5. The lowest BCUT2D eigenvalue weighted by atomic mass is 10.2. The smallest absolute Gasteiger partial charge is 0.261 e. The van der Waals surface area contributed by atoms with Crippen LogP contribution in [0.15, 0.2) is 42.0 Å². The van der Waals surface area contributed by atoms with Gasteiger partial charge in [-0.2, -0.15) is 10.6 Å². The maximum atomic E-state index is 8.90. The van der Waals surface area contributed by atoms with Crippen LogP contribution in [0, 0.1) is 0 Å². The van der Waals surface area contributed by atoms with Crippen molar-refractivity contribution in [3.05, 3.63) is 53.7 Å². The van der Waals surface area contributed by atoms with E-state index in [1.165, 1.54) is 12.4 Å². The number of aliphatic hydroxyl groups is 1. The van der Waals surface area contributed by atoms with E-state index in [-0.39, 0.29) is 12.4 Å². The van der Waals surface area contributed by atoms with E-state index in [2.05, 4.69) is 30.5 Å². The van der Waals surface area contributed by atoms with Gasteiger partial charge < -0.3 is 20.9 Å². The zero-order chi connectivity index (χ0) is 21.3. The summed E-state index contributed by atoms with van der Waals surface area (Å²) < 4.78 is 7.02. The van der Waals surface area contributed by atoms with Crippen molar-refractivity contribution in [1.82, 2.24) is 19.6 Å². The summed E-state index contributed by atoms with van der Waals surface area (Å²) in [5.41, 5.74) is 15.3. The highest BCUT2D eigenvalue weighted by Crippen LogP contribution is 2.22. The van der Waals surface area contributed by atoms with Gasteiger partial charge in [0.2, 0.25) is 0 Å². The minimum absolute atomic E-state index is 0.00541. The third kappa shape index (κ3) is 4.82. The Hall–Kier alpha value is -3.70. The first-order chi connectivity index (χ1) is 14.7. The van der Waals surface area contributed by atoms with Crippen molar-refractivity contribution in [3.8, 4) is 0 Å². The number of methoxy groups -OCH3 is 1. The van der Waals surface area contributed by atoms with Crippen LogP contribution in [0.4, 0.5) is 11.6 Å². The lowest BCUT2D eigenvalue weighted by Crippen LogP contribution is -2.70. The van der Waals surface area contributed by atoms with Crippen molar-refractivity contribution in [1.29, 1.82) is 0 Å². The summed E-state index contributed by atoms with van der Waals surface area (Å²) in [6.07, 6.45) is 8.27. The number of nitrogens with two attached hydrogens (primary N) is 2. The van der Waals surface area contributed by atoms with Crippen LogP contribution in [-0.2, 0) is 17.9 Å². The molecule has 0 aliphatic carbocycles. The van der Waals surface area contributed by atoms with Crippen LogP contribution in [0.5, 0.6) is 0 Å². The molecule has 3 heterocycles. The first-order valence-corrected chi connectivity index (χ1v) is 9.25. The second-order valence-electron chi connectivity index (χ2n) is 6.32. The fraction of sp³-hybridized carbons (Fsp3) is 0.263. The number of aliphatic hydroxyl groups excluding tert-OH is 1. The Morgan fingerprint density at radius 3 is 3.07 bits per heavy atom. The Kier molecular flexibility index (Phi) is 7.14. The molecule has 0 unspecified atom stereocenters. The number of pyridine rings is 1. The maximum Gasteiger partial charge on any atom is 0.261 e. The number of aromatic nitrogens is 4. The third-order valence-electron chi connectivity index (χ3n) is 4.29. The van der Waals surface area contributed by atoms with E-state index in [0.29, 0.717) is 36.8 Å². The zero-order valence-corrected chi connectivity index (χ0v) is 16.6. The van der Waals surface area contributed by atoms with E-state index >= 15 is 0 Å². The lowest BCUT2D eigenvalue weighted by molar-refractivity contribution is -0.453. The fourth-order valence-corrected chi connectivity index (χ4v) is 2.83. The van der Waals surface area contributed by atoms with Gasteiger partial charge in [0.1, 0.15) is 6.61 Å². The van der Waals surface area contributed by atoms with Crippen LogP contribution in [-0.4, -0.2) is 51.2 Å². The molecule has 0 saturated heterocycles. The molecule has 11 heteroatoms. The number of hydrogen-bond acceptors (Lipinski definition) is 8. The molecule has 0 aliphatic heterocycles. The normalized spacial score (nSPS) is 12.0. The van der Waals surface area contributed by atoms with Gasteiger partial charge in [0, 0.05) is 36.7 Å². The molecule has 3 rings (SSSR count). The maximum absolute atomic E-state index is 8.90. The van der Waals surface area contributed by atoms with Crippen molar-refractivity contribution in [2.24, 2.45) is 10.8 Å². The van der Waals surface area contributed by atoms with E-state index in [9.17, 15) is 0 Å².